The second-order valence-electron chi connectivity index (χ2n) is 9.16. The summed E-state index contributed by atoms with van der Waals surface area (Å²) in [4.78, 5) is 18.6. The van der Waals surface area contributed by atoms with E-state index in [2.05, 4.69) is 25.4 Å². The SMILES string of the molecule is O=c1[nH]c2cc3c(cc2cc1C(c1nnnn1CC1CCCO1)N1CCC(O)CC1)OCCO3. The van der Waals surface area contributed by atoms with Crippen LogP contribution in [0.3, 0.4) is 0 Å². The highest BCUT2D eigenvalue weighted by atomic mass is 16.6. The van der Waals surface area contributed by atoms with E-state index in [0.717, 1.165) is 24.8 Å². The van der Waals surface area contributed by atoms with Gasteiger partial charge in [0.1, 0.15) is 19.3 Å². The van der Waals surface area contributed by atoms with Crippen molar-refractivity contribution >= 4 is 10.9 Å². The fourth-order valence-corrected chi connectivity index (χ4v) is 5.12. The lowest BCUT2D eigenvalue weighted by atomic mass is 9.99. The van der Waals surface area contributed by atoms with E-state index in [1.165, 1.54) is 0 Å². The number of aliphatic hydroxyl groups is 1. The predicted octanol–water partition coefficient (Wildman–Crippen LogP) is 1.01. The summed E-state index contributed by atoms with van der Waals surface area (Å²) >= 11 is 0. The van der Waals surface area contributed by atoms with Crippen molar-refractivity contribution in [2.75, 3.05) is 32.9 Å². The first-order chi connectivity index (χ1) is 16.7. The molecule has 2 aromatic heterocycles. The number of likely N-dealkylation sites (tertiary alicyclic amines) is 1. The number of aromatic amines is 1. The molecule has 34 heavy (non-hydrogen) atoms. The number of aliphatic hydroxyl groups excluding tert-OH is 1. The topological polar surface area (TPSA) is 128 Å². The molecule has 11 heteroatoms. The molecule has 180 valence electrons. The van der Waals surface area contributed by atoms with Crippen LogP contribution in [0.1, 0.15) is 43.1 Å². The largest absolute Gasteiger partial charge is 0.486 e. The molecule has 2 unspecified atom stereocenters. The number of hydrogen-bond donors (Lipinski definition) is 2. The maximum absolute atomic E-state index is 13.4. The molecule has 0 bridgehead atoms. The minimum Gasteiger partial charge on any atom is -0.486 e. The van der Waals surface area contributed by atoms with E-state index < -0.39 is 6.04 Å². The number of H-pyrrole nitrogens is 1. The number of piperidine rings is 1. The van der Waals surface area contributed by atoms with Gasteiger partial charge in [-0.15, -0.1) is 5.10 Å². The Balaban J connectivity index is 1.43. The Kier molecular flexibility index (Phi) is 5.67. The van der Waals surface area contributed by atoms with Crippen molar-refractivity contribution in [1.29, 1.82) is 0 Å². The van der Waals surface area contributed by atoms with Gasteiger partial charge < -0.3 is 24.3 Å². The van der Waals surface area contributed by atoms with E-state index >= 15 is 0 Å². The van der Waals surface area contributed by atoms with E-state index in [1.807, 2.05) is 18.2 Å². The summed E-state index contributed by atoms with van der Waals surface area (Å²) in [6.07, 6.45) is 2.98. The number of ether oxygens (including phenoxy) is 3. The normalized spacial score (nSPS) is 22.3. The lowest BCUT2D eigenvalue weighted by Crippen LogP contribution is -2.42. The van der Waals surface area contributed by atoms with E-state index in [9.17, 15) is 9.90 Å². The summed E-state index contributed by atoms with van der Waals surface area (Å²) in [7, 11) is 0. The van der Waals surface area contributed by atoms with E-state index in [-0.39, 0.29) is 17.8 Å². The van der Waals surface area contributed by atoms with Crippen molar-refractivity contribution in [3.8, 4) is 11.5 Å². The second-order valence-corrected chi connectivity index (χ2v) is 9.16. The highest BCUT2D eigenvalue weighted by Gasteiger charge is 2.33. The smallest absolute Gasteiger partial charge is 0.253 e. The van der Waals surface area contributed by atoms with Crippen LogP contribution in [0.15, 0.2) is 23.0 Å². The first-order valence-corrected chi connectivity index (χ1v) is 11.9. The monoisotopic (exact) mass is 468 g/mol. The van der Waals surface area contributed by atoms with Crippen molar-refractivity contribution in [3.05, 3.63) is 39.9 Å². The molecule has 2 saturated heterocycles. The summed E-state index contributed by atoms with van der Waals surface area (Å²) in [5.41, 5.74) is 1.04. The fraction of sp³-hybridized carbons (Fsp3) is 0.565. The molecule has 5 heterocycles. The molecule has 6 rings (SSSR count). The molecule has 3 aromatic rings. The molecule has 0 aliphatic carbocycles. The lowest BCUT2D eigenvalue weighted by Gasteiger charge is -2.35. The number of fused-ring (bicyclic) bond motifs is 2. The van der Waals surface area contributed by atoms with Crippen molar-refractivity contribution < 1.29 is 19.3 Å². The zero-order valence-corrected chi connectivity index (χ0v) is 18.9. The van der Waals surface area contributed by atoms with Gasteiger partial charge in [-0.05, 0) is 48.2 Å². The molecular formula is C23H28N6O5. The van der Waals surface area contributed by atoms with Crippen LogP contribution in [-0.4, -0.2) is 80.3 Å². The van der Waals surface area contributed by atoms with Crippen LogP contribution in [0.4, 0.5) is 0 Å². The summed E-state index contributed by atoms with van der Waals surface area (Å²) < 4.78 is 19.0. The maximum Gasteiger partial charge on any atom is 0.253 e. The molecule has 3 aliphatic rings. The highest BCUT2D eigenvalue weighted by molar-refractivity contribution is 5.83. The Hall–Kier alpha value is -3.02. The zero-order valence-electron chi connectivity index (χ0n) is 18.9. The van der Waals surface area contributed by atoms with Crippen molar-refractivity contribution in [3.63, 3.8) is 0 Å². The third-order valence-corrected chi connectivity index (χ3v) is 6.90. The van der Waals surface area contributed by atoms with E-state index in [1.54, 1.807) is 4.68 Å². The summed E-state index contributed by atoms with van der Waals surface area (Å²) in [6, 6.07) is 5.15. The van der Waals surface area contributed by atoms with Gasteiger partial charge in [0.05, 0.1) is 24.3 Å². The number of aromatic nitrogens is 5. The number of pyridine rings is 1. The Bertz CT molecular complexity index is 1230. The number of hydrogen-bond acceptors (Lipinski definition) is 9. The third-order valence-electron chi connectivity index (χ3n) is 6.90. The van der Waals surface area contributed by atoms with Gasteiger partial charge in [0.15, 0.2) is 17.3 Å². The van der Waals surface area contributed by atoms with Crippen LogP contribution in [0.5, 0.6) is 11.5 Å². The van der Waals surface area contributed by atoms with Crippen molar-refractivity contribution in [2.45, 2.75) is 50.5 Å². The third kappa shape index (κ3) is 4.04. The average molecular weight is 469 g/mol. The van der Waals surface area contributed by atoms with Crippen molar-refractivity contribution in [2.24, 2.45) is 0 Å². The quantitative estimate of drug-likeness (QED) is 0.564. The molecule has 2 atom stereocenters. The number of benzene rings is 1. The standard InChI is InChI=1S/C23H28N6O5/c30-15-3-5-28(6-4-15)21(22-25-26-27-29(22)13-16-2-1-7-32-16)17-10-14-11-19-20(34-9-8-33-19)12-18(14)24-23(17)31/h10-12,15-16,21,30H,1-9,13H2,(H,24,31). The van der Waals surface area contributed by atoms with Gasteiger partial charge in [0.2, 0.25) is 0 Å². The minimum atomic E-state index is -0.453. The van der Waals surface area contributed by atoms with Crippen LogP contribution in [0, 0.1) is 0 Å². The molecule has 11 nitrogen and oxygen atoms in total. The Morgan fingerprint density at radius 3 is 2.65 bits per heavy atom. The molecule has 3 aliphatic heterocycles. The van der Waals surface area contributed by atoms with Gasteiger partial charge >= 0.3 is 0 Å². The number of tetrazole rings is 1. The molecule has 0 amide bonds. The fourth-order valence-electron chi connectivity index (χ4n) is 5.12. The lowest BCUT2D eigenvalue weighted by molar-refractivity contribution is 0.0632. The van der Waals surface area contributed by atoms with Gasteiger partial charge in [-0.1, -0.05) is 0 Å². The van der Waals surface area contributed by atoms with Crippen LogP contribution in [-0.2, 0) is 11.3 Å². The first kappa shape index (κ1) is 21.5. The van der Waals surface area contributed by atoms with Crippen LogP contribution >= 0.6 is 0 Å². The Labute approximate surface area is 195 Å². The van der Waals surface area contributed by atoms with Gasteiger partial charge in [0, 0.05) is 36.7 Å². The highest BCUT2D eigenvalue weighted by Crippen LogP contribution is 2.35. The molecular weight excluding hydrogens is 440 g/mol. The zero-order chi connectivity index (χ0) is 23.1. The summed E-state index contributed by atoms with van der Waals surface area (Å²) in [6.45, 7) is 3.53. The van der Waals surface area contributed by atoms with Gasteiger partial charge in [-0.25, -0.2) is 4.68 Å². The second kappa shape index (κ2) is 8.97. The van der Waals surface area contributed by atoms with Crippen LogP contribution < -0.4 is 15.0 Å². The Morgan fingerprint density at radius 1 is 1.09 bits per heavy atom. The summed E-state index contributed by atoms with van der Waals surface area (Å²) in [5.74, 6) is 1.90. The van der Waals surface area contributed by atoms with Crippen molar-refractivity contribution in [1.82, 2.24) is 30.1 Å². The molecule has 0 saturated carbocycles. The van der Waals surface area contributed by atoms with E-state index in [4.69, 9.17) is 14.2 Å². The maximum atomic E-state index is 13.4. The first-order valence-electron chi connectivity index (χ1n) is 11.9. The molecule has 2 N–H and O–H groups in total. The van der Waals surface area contributed by atoms with Gasteiger partial charge in [-0.3, -0.25) is 9.69 Å². The molecule has 1 aromatic carbocycles. The van der Waals surface area contributed by atoms with Gasteiger partial charge in [0.25, 0.3) is 5.56 Å². The molecule has 0 spiro atoms. The van der Waals surface area contributed by atoms with E-state index in [0.29, 0.717) is 74.1 Å². The number of nitrogens with one attached hydrogen (secondary N) is 1. The summed E-state index contributed by atoms with van der Waals surface area (Å²) in [5, 5.41) is 23.5. The average Bonchev–Trinajstić information content (AvgIpc) is 3.52. The number of nitrogens with zero attached hydrogens (tertiary/aromatic N) is 5. The number of rotatable bonds is 5. The predicted molar refractivity (Wildman–Crippen MR) is 121 cm³/mol. The van der Waals surface area contributed by atoms with Crippen LogP contribution in [0.2, 0.25) is 0 Å². The minimum absolute atomic E-state index is 0.0598. The van der Waals surface area contributed by atoms with Crippen LogP contribution in [0.25, 0.3) is 10.9 Å². The van der Waals surface area contributed by atoms with Gasteiger partial charge in [-0.2, -0.15) is 0 Å². The Morgan fingerprint density at radius 2 is 1.88 bits per heavy atom. The molecule has 2 fully saturated rings. The molecule has 0 radical (unpaired) electrons.